The van der Waals surface area contributed by atoms with Crippen LogP contribution in [0, 0.1) is 5.41 Å². The van der Waals surface area contributed by atoms with Gasteiger partial charge in [0.15, 0.2) is 0 Å². The molecule has 3 heteroatoms. The van der Waals surface area contributed by atoms with Crippen molar-refractivity contribution in [2.45, 2.75) is 19.4 Å². The molecule has 0 aliphatic rings. The Kier molecular flexibility index (Phi) is 3.85. The Hall–Kier alpha value is -1.64. The van der Waals surface area contributed by atoms with Gasteiger partial charge in [0.05, 0.1) is 0 Å². The fraction of sp³-hybridized carbons (Fsp3) is 0.273. The molecule has 1 rings (SSSR count). The van der Waals surface area contributed by atoms with E-state index in [2.05, 4.69) is 0 Å². The van der Waals surface area contributed by atoms with E-state index in [4.69, 9.17) is 10.1 Å². The lowest BCUT2D eigenvalue weighted by atomic mass is 10.1. The zero-order valence-electron chi connectivity index (χ0n) is 8.07. The van der Waals surface area contributed by atoms with E-state index < -0.39 is 0 Å². The maximum Gasteiger partial charge on any atom is 0.293 e. The lowest BCUT2D eigenvalue weighted by molar-refractivity contribution is -0.132. The van der Waals surface area contributed by atoms with Gasteiger partial charge in [-0.25, -0.2) is 0 Å². The molecule has 0 spiro atoms. The van der Waals surface area contributed by atoms with Crippen molar-refractivity contribution in [2.24, 2.45) is 0 Å². The van der Waals surface area contributed by atoms with E-state index in [1.165, 1.54) is 0 Å². The van der Waals surface area contributed by atoms with Crippen molar-refractivity contribution in [1.82, 2.24) is 0 Å². The minimum absolute atomic E-state index is 0.236. The second kappa shape index (κ2) is 5.17. The topological polar surface area (TPSA) is 50.1 Å². The van der Waals surface area contributed by atoms with E-state index in [9.17, 15) is 4.79 Å². The molecule has 0 fully saturated rings. The molecule has 14 heavy (non-hydrogen) atoms. The van der Waals surface area contributed by atoms with Crippen LogP contribution in [0.1, 0.15) is 18.9 Å². The van der Waals surface area contributed by atoms with Crippen molar-refractivity contribution in [1.29, 1.82) is 5.41 Å². The smallest absolute Gasteiger partial charge is 0.293 e. The van der Waals surface area contributed by atoms with E-state index in [1.807, 2.05) is 30.3 Å². The van der Waals surface area contributed by atoms with E-state index in [-0.39, 0.29) is 6.10 Å². The first kappa shape index (κ1) is 10.4. The standard InChI is InChI=1S/C11H13NO2/c1-9(14-8-13)7-11(12)10-5-3-2-4-6-10/h2-6,8-9,12H,7H2,1H3/t9-/m0/s1. The number of carbonyl (C=O) groups is 1. The number of ether oxygens (including phenoxy) is 1. The first-order valence-electron chi connectivity index (χ1n) is 4.46. The summed E-state index contributed by atoms with van der Waals surface area (Å²) in [7, 11) is 0. The second-order valence-electron chi connectivity index (χ2n) is 3.09. The van der Waals surface area contributed by atoms with Crippen molar-refractivity contribution in [3.63, 3.8) is 0 Å². The van der Waals surface area contributed by atoms with Gasteiger partial charge in [0, 0.05) is 12.1 Å². The first-order valence-corrected chi connectivity index (χ1v) is 4.46. The van der Waals surface area contributed by atoms with Crippen LogP contribution in [0.15, 0.2) is 30.3 Å². The average molecular weight is 191 g/mol. The fourth-order valence-corrected chi connectivity index (χ4v) is 1.19. The van der Waals surface area contributed by atoms with Crippen LogP contribution < -0.4 is 0 Å². The zero-order chi connectivity index (χ0) is 10.4. The molecule has 3 nitrogen and oxygen atoms in total. The molecule has 0 aromatic heterocycles. The largest absolute Gasteiger partial charge is 0.464 e. The van der Waals surface area contributed by atoms with Crippen LogP contribution in [0.2, 0.25) is 0 Å². The van der Waals surface area contributed by atoms with Crippen LogP contribution in [0.5, 0.6) is 0 Å². The molecule has 1 atom stereocenters. The molecule has 0 radical (unpaired) electrons. The number of benzene rings is 1. The summed E-state index contributed by atoms with van der Waals surface area (Å²) in [4.78, 5) is 10.0. The summed E-state index contributed by atoms with van der Waals surface area (Å²) in [6.07, 6.45) is 0.211. The second-order valence-corrected chi connectivity index (χ2v) is 3.09. The Morgan fingerprint density at radius 1 is 1.50 bits per heavy atom. The highest BCUT2D eigenvalue weighted by Gasteiger charge is 2.07. The Morgan fingerprint density at radius 2 is 2.14 bits per heavy atom. The van der Waals surface area contributed by atoms with Crippen LogP contribution in [0.3, 0.4) is 0 Å². The summed E-state index contributed by atoms with van der Waals surface area (Å²) in [5.41, 5.74) is 1.36. The molecular formula is C11H13NO2. The molecule has 1 N–H and O–H groups in total. The third-order valence-corrected chi connectivity index (χ3v) is 1.90. The quantitative estimate of drug-likeness (QED) is 0.571. The lowest BCUT2D eigenvalue weighted by Gasteiger charge is -2.09. The normalized spacial score (nSPS) is 11.8. The number of hydrogen-bond acceptors (Lipinski definition) is 3. The van der Waals surface area contributed by atoms with Crippen LogP contribution in [-0.2, 0) is 9.53 Å². The minimum atomic E-state index is -0.236. The van der Waals surface area contributed by atoms with E-state index >= 15 is 0 Å². The molecular weight excluding hydrogens is 178 g/mol. The van der Waals surface area contributed by atoms with Crippen LogP contribution in [-0.4, -0.2) is 18.3 Å². The van der Waals surface area contributed by atoms with Gasteiger partial charge in [0.1, 0.15) is 6.10 Å². The zero-order valence-corrected chi connectivity index (χ0v) is 8.07. The van der Waals surface area contributed by atoms with E-state index in [0.717, 1.165) is 5.56 Å². The fourth-order valence-electron chi connectivity index (χ4n) is 1.19. The Morgan fingerprint density at radius 3 is 2.71 bits per heavy atom. The summed E-state index contributed by atoms with van der Waals surface area (Å²) in [5, 5.41) is 7.74. The van der Waals surface area contributed by atoms with Gasteiger partial charge < -0.3 is 10.1 Å². The molecule has 0 bridgehead atoms. The van der Waals surface area contributed by atoms with E-state index in [0.29, 0.717) is 18.6 Å². The molecule has 1 aromatic carbocycles. The summed E-state index contributed by atoms with van der Waals surface area (Å²) < 4.78 is 4.71. The van der Waals surface area contributed by atoms with Crippen molar-refractivity contribution in [3.05, 3.63) is 35.9 Å². The molecule has 0 saturated carbocycles. The highest BCUT2D eigenvalue weighted by atomic mass is 16.5. The molecule has 0 aliphatic heterocycles. The van der Waals surface area contributed by atoms with Crippen molar-refractivity contribution >= 4 is 12.2 Å². The Bertz CT molecular complexity index is 308. The SMILES string of the molecule is C[C@@H](CC(=N)c1ccccc1)OC=O. The maximum absolute atomic E-state index is 10.0. The highest BCUT2D eigenvalue weighted by Crippen LogP contribution is 2.06. The number of nitrogens with one attached hydrogen (secondary N) is 1. The number of carbonyl (C=O) groups excluding carboxylic acids is 1. The van der Waals surface area contributed by atoms with Crippen molar-refractivity contribution < 1.29 is 9.53 Å². The maximum atomic E-state index is 10.0. The van der Waals surface area contributed by atoms with Crippen LogP contribution >= 0.6 is 0 Å². The summed E-state index contributed by atoms with van der Waals surface area (Å²) in [6.45, 7) is 2.19. The van der Waals surface area contributed by atoms with Crippen LogP contribution in [0.25, 0.3) is 0 Å². The van der Waals surface area contributed by atoms with Gasteiger partial charge in [-0.05, 0) is 12.5 Å². The summed E-state index contributed by atoms with van der Waals surface area (Å²) in [5.74, 6) is 0. The predicted octanol–water partition coefficient (Wildman–Crippen LogP) is 2.01. The molecule has 0 saturated heterocycles. The van der Waals surface area contributed by atoms with Gasteiger partial charge in [-0.3, -0.25) is 4.79 Å². The van der Waals surface area contributed by atoms with Gasteiger partial charge in [-0.1, -0.05) is 30.3 Å². The highest BCUT2D eigenvalue weighted by molar-refractivity contribution is 5.98. The van der Waals surface area contributed by atoms with Gasteiger partial charge in [0.2, 0.25) is 0 Å². The van der Waals surface area contributed by atoms with Gasteiger partial charge >= 0.3 is 0 Å². The number of hydrogen-bond donors (Lipinski definition) is 1. The summed E-state index contributed by atoms with van der Waals surface area (Å²) >= 11 is 0. The molecule has 74 valence electrons. The van der Waals surface area contributed by atoms with E-state index in [1.54, 1.807) is 6.92 Å². The Labute approximate surface area is 83.2 Å². The first-order chi connectivity index (χ1) is 6.74. The predicted molar refractivity (Wildman–Crippen MR) is 54.5 cm³/mol. The van der Waals surface area contributed by atoms with Crippen molar-refractivity contribution in [2.75, 3.05) is 0 Å². The van der Waals surface area contributed by atoms with Gasteiger partial charge in [0.25, 0.3) is 6.47 Å². The lowest BCUT2D eigenvalue weighted by Crippen LogP contribution is -2.13. The van der Waals surface area contributed by atoms with Gasteiger partial charge in [-0.2, -0.15) is 0 Å². The monoisotopic (exact) mass is 191 g/mol. The van der Waals surface area contributed by atoms with Gasteiger partial charge in [-0.15, -0.1) is 0 Å². The molecule has 0 heterocycles. The number of rotatable bonds is 5. The summed E-state index contributed by atoms with van der Waals surface area (Å²) in [6, 6.07) is 9.41. The van der Waals surface area contributed by atoms with Crippen molar-refractivity contribution in [3.8, 4) is 0 Å². The third kappa shape index (κ3) is 3.01. The average Bonchev–Trinajstić information content (AvgIpc) is 2.19. The molecule has 0 aliphatic carbocycles. The minimum Gasteiger partial charge on any atom is -0.464 e. The third-order valence-electron chi connectivity index (χ3n) is 1.90. The Balaban J connectivity index is 2.55. The molecule has 1 aromatic rings. The van der Waals surface area contributed by atoms with Crippen LogP contribution in [0.4, 0.5) is 0 Å². The molecule has 0 unspecified atom stereocenters. The molecule has 0 amide bonds.